The van der Waals surface area contributed by atoms with Crippen LogP contribution >= 0.6 is 0 Å². The Morgan fingerprint density at radius 2 is 1.50 bits per heavy atom. The molecule has 0 heterocycles. The van der Waals surface area contributed by atoms with E-state index in [9.17, 15) is 26.8 Å². The van der Waals surface area contributed by atoms with Crippen molar-refractivity contribution in [3.8, 4) is 0 Å². The lowest BCUT2D eigenvalue weighted by atomic mass is 10.1. The summed E-state index contributed by atoms with van der Waals surface area (Å²) in [5, 5.41) is 5.15. The summed E-state index contributed by atoms with van der Waals surface area (Å²) < 4.78 is 54.1. The van der Waals surface area contributed by atoms with Gasteiger partial charge in [-0.25, -0.2) is 17.2 Å². The molecule has 0 spiro atoms. The quantitative estimate of drug-likeness (QED) is 0.452. The Bertz CT molecular complexity index is 1290. The van der Waals surface area contributed by atoms with Gasteiger partial charge in [0.25, 0.3) is 15.9 Å². The molecule has 0 aliphatic carbocycles. The van der Waals surface area contributed by atoms with Crippen LogP contribution in [0.5, 0.6) is 0 Å². The highest BCUT2D eigenvalue weighted by molar-refractivity contribution is 7.92. The molecule has 0 aliphatic rings. The number of carbonyl (C=O) groups is 2. The summed E-state index contributed by atoms with van der Waals surface area (Å²) >= 11 is 0. The molecule has 0 saturated carbocycles. The van der Waals surface area contributed by atoms with Gasteiger partial charge in [-0.2, -0.15) is 0 Å². The summed E-state index contributed by atoms with van der Waals surface area (Å²) in [5.41, 5.74) is 0.373. The summed E-state index contributed by atoms with van der Waals surface area (Å²) in [7, 11) is -4.32. The zero-order valence-corrected chi connectivity index (χ0v) is 18.7. The Morgan fingerprint density at radius 3 is 2.12 bits per heavy atom. The third-order valence-corrected chi connectivity index (χ3v) is 6.44. The molecular formula is C24H21F2N3O4S. The van der Waals surface area contributed by atoms with E-state index < -0.39 is 40.0 Å². The van der Waals surface area contributed by atoms with Crippen LogP contribution in [0.3, 0.4) is 0 Å². The topological polar surface area (TPSA) is 95.6 Å². The molecule has 176 valence electrons. The molecule has 34 heavy (non-hydrogen) atoms. The van der Waals surface area contributed by atoms with E-state index in [1.54, 1.807) is 12.1 Å². The molecule has 3 rings (SSSR count). The zero-order chi connectivity index (χ0) is 24.7. The van der Waals surface area contributed by atoms with Crippen LogP contribution in [0.4, 0.5) is 20.2 Å². The Balaban J connectivity index is 1.91. The molecule has 10 heteroatoms. The van der Waals surface area contributed by atoms with E-state index in [4.69, 9.17) is 0 Å². The molecule has 0 unspecified atom stereocenters. The number of hydrogen-bond acceptors (Lipinski definition) is 4. The molecule has 3 aromatic carbocycles. The molecular weight excluding hydrogens is 464 g/mol. The molecule has 0 fully saturated rings. The lowest BCUT2D eigenvalue weighted by Crippen LogP contribution is -2.38. The van der Waals surface area contributed by atoms with Gasteiger partial charge in [-0.15, -0.1) is 6.58 Å². The second kappa shape index (κ2) is 10.7. The molecule has 3 aromatic rings. The first-order valence-electron chi connectivity index (χ1n) is 10.0. The highest BCUT2D eigenvalue weighted by Crippen LogP contribution is 2.25. The summed E-state index contributed by atoms with van der Waals surface area (Å²) in [5.74, 6) is -2.42. The first-order chi connectivity index (χ1) is 16.2. The minimum atomic E-state index is -4.32. The van der Waals surface area contributed by atoms with Crippen LogP contribution in [0, 0.1) is 11.6 Å². The van der Waals surface area contributed by atoms with Crippen molar-refractivity contribution < 1.29 is 26.8 Å². The van der Waals surface area contributed by atoms with Gasteiger partial charge < -0.3 is 10.6 Å². The third kappa shape index (κ3) is 5.84. The molecule has 0 bridgehead atoms. The first-order valence-corrected chi connectivity index (χ1v) is 11.5. The Morgan fingerprint density at radius 1 is 0.912 bits per heavy atom. The number of hydrogen-bond donors (Lipinski definition) is 2. The van der Waals surface area contributed by atoms with Crippen LogP contribution in [0.1, 0.15) is 10.4 Å². The van der Waals surface area contributed by atoms with Gasteiger partial charge in [-0.1, -0.05) is 18.2 Å². The number of anilines is 2. The number of nitrogens with one attached hydrogen (secondary N) is 2. The molecule has 7 nitrogen and oxygen atoms in total. The lowest BCUT2D eigenvalue weighted by molar-refractivity contribution is -0.114. The Kier molecular flexibility index (Phi) is 7.75. The van der Waals surface area contributed by atoms with E-state index in [1.165, 1.54) is 30.3 Å². The van der Waals surface area contributed by atoms with Crippen molar-refractivity contribution in [3.05, 3.63) is 103 Å². The molecule has 0 atom stereocenters. The van der Waals surface area contributed by atoms with Crippen molar-refractivity contribution in [1.29, 1.82) is 0 Å². The number of amides is 2. The number of rotatable bonds is 9. The van der Waals surface area contributed by atoms with Gasteiger partial charge in [0.1, 0.15) is 18.2 Å². The standard InChI is InChI=1S/C24H21F2N3O4S/c1-2-15-27-24(31)21-5-3-4-6-22(21)28-23(30)16-29(19-11-7-17(25)8-12-19)34(32,33)20-13-9-18(26)10-14-20/h2-14H,1,15-16H2,(H,27,31)(H,28,30). The van der Waals surface area contributed by atoms with Gasteiger partial charge in [0.05, 0.1) is 21.8 Å². The van der Waals surface area contributed by atoms with E-state index in [-0.39, 0.29) is 28.4 Å². The van der Waals surface area contributed by atoms with E-state index in [1.807, 2.05) is 0 Å². The largest absolute Gasteiger partial charge is 0.349 e. The van der Waals surface area contributed by atoms with Crippen molar-refractivity contribution in [3.63, 3.8) is 0 Å². The predicted molar refractivity (Wildman–Crippen MR) is 125 cm³/mol. The fourth-order valence-electron chi connectivity index (χ4n) is 3.03. The van der Waals surface area contributed by atoms with Crippen LogP contribution in [-0.2, 0) is 14.8 Å². The summed E-state index contributed by atoms with van der Waals surface area (Å²) in [6, 6.07) is 14.8. The minimum Gasteiger partial charge on any atom is -0.349 e. The molecule has 0 saturated heterocycles. The van der Waals surface area contributed by atoms with Crippen molar-refractivity contribution in [2.75, 3.05) is 22.7 Å². The third-order valence-electron chi connectivity index (χ3n) is 4.66. The number of carbonyl (C=O) groups excluding carboxylic acids is 2. The monoisotopic (exact) mass is 485 g/mol. The zero-order valence-electron chi connectivity index (χ0n) is 17.9. The number of para-hydroxylation sites is 1. The fourth-order valence-corrected chi connectivity index (χ4v) is 4.45. The van der Waals surface area contributed by atoms with Gasteiger partial charge >= 0.3 is 0 Å². The van der Waals surface area contributed by atoms with Crippen molar-refractivity contribution in [2.45, 2.75) is 4.90 Å². The summed E-state index contributed by atoms with van der Waals surface area (Å²) in [4.78, 5) is 25.0. The first kappa shape index (κ1) is 24.6. The normalized spacial score (nSPS) is 10.9. The molecule has 0 aromatic heterocycles. The maximum absolute atomic E-state index is 13.4. The van der Waals surface area contributed by atoms with Gasteiger partial charge in [0.15, 0.2) is 0 Å². The van der Waals surface area contributed by atoms with Crippen LogP contribution in [0.2, 0.25) is 0 Å². The fraction of sp³-hybridized carbons (Fsp3) is 0.0833. The molecule has 0 aliphatic heterocycles. The average Bonchev–Trinajstić information content (AvgIpc) is 2.82. The second-order valence-corrected chi connectivity index (χ2v) is 8.90. The smallest absolute Gasteiger partial charge is 0.264 e. The number of nitrogens with zero attached hydrogens (tertiary/aromatic N) is 1. The second-order valence-electron chi connectivity index (χ2n) is 7.03. The van der Waals surface area contributed by atoms with Crippen LogP contribution in [-0.4, -0.2) is 33.3 Å². The van der Waals surface area contributed by atoms with E-state index in [2.05, 4.69) is 17.2 Å². The maximum atomic E-state index is 13.4. The van der Waals surface area contributed by atoms with Gasteiger partial charge in [0.2, 0.25) is 5.91 Å². The van der Waals surface area contributed by atoms with Gasteiger partial charge in [-0.05, 0) is 60.7 Å². The lowest BCUT2D eigenvalue weighted by Gasteiger charge is -2.24. The van der Waals surface area contributed by atoms with Crippen LogP contribution in [0.15, 0.2) is 90.3 Å². The van der Waals surface area contributed by atoms with Crippen molar-refractivity contribution >= 4 is 33.2 Å². The molecule has 2 N–H and O–H groups in total. The average molecular weight is 486 g/mol. The van der Waals surface area contributed by atoms with Gasteiger partial charge in [-0.3, -0.25) is 13.9 Å². The number of halogens is 2. The van der Waals surface area contributed by atoms with E-state index in [0.29, 0.717) is 0 Å². The van der Waals surface area contributed by atoms with E-state index >= 15 is 0 Å². The van der Waals surface area contributed by atoms with Gasteiger partial charge in [0, 0.05) is 6.54 Å². The molecule has 0 radical (unpaired) electrons. The summed E-state index contributed by atoms with van der Waals surface area (Å²) in [6.07, 6.45) is 1.50. The highest BCUT2D eigenvalue weighted by Gasteiger charge is 2.28. The van der Waals surface area contributed by atoms with Crippen LogP contribution < -0.4 is 14.9 Å². The van der Waals surface area contributed by atoms with Crippen molar-refractivity contribution in [2.24, 2.45) is 0 Å². The Hall–Kier alpha value is -4.05. The Labute approximate surface area is 195 Å². The number of benzene rings is 3. The van der Waals surface area contributed by atoms with Crippen LogP contribution in [0.25, 0.3) is 0 Å². The maximum Gasteiger partial charge on any atom is 0.264 e. The van der Waals surface area contributed by atoms with Crippen molar-refractivity contribution in [1.82, 2.24) is 5.32 Å². The summed E-state index contributed by atoms with van der Waals surface area (Å²) in [6.45, 7) is 3.06. The minimum absolute atomic E-state index is 0.0258. The predicted octanol–water partition coefficient (Wildman–Crippen LogP) is 3.71. The highest BCUT2D eigenvalue weighted by atomic mass is 32.2. The SMILES string of the molecule is C=CCNC(=O)c1ccccc1NC(=O)CN(c1ccc(F)cc1)S(=O)(=O)c1ccc(F)cc1. The van der Waals surface area contributed by atoms with E-state index in [0.717, 1.165) is 40.7 Å². The molecule has 2 amide bonds. The number of sulfonamides is 1.